The molecule has 0 amide bonds. The number of sulfonamides is 1. The fourth-order valence-corrected chi connectivity index (χ4v) is 2.31. The van der Waals surface area contributed by atoms with Gasteiger partial charge in [-0.05, 0) is 38.5 Å². The van der Waals surface area contributed by atoms with Gasteiger partial charge in [0.15, 0.2) is 5.03 Å². The van der Waals surface area contributed by atoms with E-state index in [2.05, 4.69) is 9.71 Å². The van der Waals surface area contributed by atoms with Crippen molar-refractivity contribution in [1.82, 2.24) is 9.71 Å². The van der Waals surface area contributed by atoms with Gasteiger partial charge in [-0.2, -0.15) is 0 Å². The molecule has 1 aromatic heterocycles. The summed E-state index contributed by atoms with van der Waals surface area (Å²) in [6.45, 7) is 5.37. The van der Waals surface area contributed by atoms with E-state index in [-0.39, 0.29) is 11.1 Å². The lowest BCUT2D eigenvalue weighted by Gasteiger charge is -2.08. The van der Waals surface area contributed by atoms with Crippen molar-refractivity contribution in [2.24, 2.45) is 0 Å². The maximum absolute atomic E-state index is 11.6. The number of aromatic nitrogens is 1. The van der Waals surface area contributed by atoms with Crippen LogP contribution in [-0.2, 0) is 10.0 Å². The Morgan fingerprint density at radius 2 is 2.07 bits per heavy atom. The summed E-state index contributed by atoms with van der Waals surface area (Å²) in [7, 11) is -3.44. The molecule has 0 aliphatic heterocycles. The third-order valence-electron chi connectivity index (χ3n) is 1.56. The van der Waals surface area contributed by atoms with Gasteiger partial charge in [-0.25, -0.2) is 18.1 Å². The summed E-state index contributed by atoms with van der Waals surface area (Å²) in [5.74, 6) is 0. The van der Waals surface area contributed by atoms with Gasteiger partial charge >= 0.3 is 0 Å². The van der Waals surface area contributed by atoms with Gasteiger partial charge in [0, 0.05) is 12.2 Å². The summed E-state index contributed by atoms with van der Waals surface area (Å²) in [4.78, 5) is 3.81. The molecule has 0 radical (unpaired) electrons. The van der Waals surface area contributed by atoms with Gasteiger partial charge in [0.25, 0.3) is 10.0 Å². The molecule has 0 saturated carbocycles. The van der Waals surface area contributed by atoms with Crippen LogP contribution in [-0.4, -0.2) is 19.4 Å². The zero-order chi connectivity index (χ0) is 10.8. The molecule has 0 fully saturated rings. The summed E-state index contributed by atoms with van der Waals surface area (Å²) in [6.07, 6.45) is 1.49. The minimum atomic E-state index is -3.44. The summed E-state index contributed by atoms with van der Waals surface area (Å²) >= 11 is 0. The van der Waals surface area contributed by atoms with Crippen molar-refractivity contribution in [2.75, 3.05) is 0 Å². The molecule has 14 heavy (non-hydrogen) atoms. The first-order chi connectivity index (χ1) is 6.42. The van der Waals surface area contributed by atoms with Gasteiger partial charge in [0.1, 0.15) is 0 Å². The van der Waals surface area contributed by atoms with Crippen LogP contribution in [0, 0.1) is 6.92 Å². The number of hydrogen-bond donors (Lipinski definition) is 1. The fourth-order valence-electron chi connectivity index (χ4n) is 1.03. The largest absolute Gasteiger partial charge is 0.258 e. The molecule has 0 aliphatic carbocycles. The van der Waals surface area contributed by atoms with E-state index in [1.54, 1.807) is 26.0 Å². The van der Waals surface area contributed by atoms with Crippen molar-refractivity contribution in [3.63, 3.8) is 0 Å². The van der Waals surface area contributed by atoms with E-state index in [4.69, 9.17) is 0 Å². The molecular formula is C9H14N2O2S. The number of rotatable bonds is 3. The lowest BCUT2D eigenvalue weighted by molar-refractivity contribution is 0.566. The number of pyridine rings is 1. The highest BCUT2D eigenvalue weighted by Crippen LogP contribution is 2.07. The fraction of sp³-hybridized carbons (Fsp3) is 0.444. The van der Waals surface area contributed by atoms with Crippen molar-refractivity contribution in [2.45, 2.75) is 31.8 Å². The van der Waals surface area contributed by atoms with Crippen LogP contribution in [0.2, 0.25) is 0 Å². The highest BCUT2D eigenvalue weighted by molar-refractivity contribution is 7.89. The van der Waals surface area contributed by atoms with Gasteiger partial charge in [-0.1, -0.05) is 0 Å². The summed E-state index contributed by atoms with van der Waals surface area (Å²) in [5, 5.41) is 0.0752. The Morgan fingerprint density at radius 1 is 1.43 bits per heavy atom. The molecule has 1 N–H and O–H groups in total. The van der Waals surface area contributed by atoms with E-state index < -0.39 is 10.0 Å². The molecular weight excluding hydrogens is 200 g/mol. The molecule has 0 unspecified atom stereocenters. The standard InChI is InChI=1S/C9H14N2O2S/c1-7(2)11-14(12,13)9-6-8(3)4-5-10-9/h4-7,11H,1-3H3. The van der Waals surface area contributed by atoms with E-state index in [1.165, 1.54) is 6.20 Å². The van der Waals surface area contributed by atoms with Gasteiger partial charge in [-0.3, -0.25) is 0 Å². The van der Waals surface area contributed by atoms with Crippen molar-refractivity contribution < 1.29 is 8.42 Å². The normalized spacial score (nSPS) is 12.0. The second kappa shape index (κ2) is 4.06. The van der Waals surface area contributed by atoms with Gasteiger partial charge < -0.3 is 0 Å². The summed E-state index contributed by atoms with van der Waals surface area (Å²) in [6, 6.07) is 3.18. The van der Waals surface area contributed by atoms with Crippen molar-refractivity contribution >= 4 is 10.0 Å². The van der Waals surface area contributed by atoms with Gasteiger partial charge in [-0.15, -0.1) is 0 Å². The Kier molecular flexibility index (Phi) is 3.23. The van der Waals surface area contributed by atoms with E-state index in [0.29, 0.717) is 0 Å². The zero-order valence-electron chi connectivity index (χ0n) is 8.48. The average Bonchev–Trinajstić information content (AvgIpc) is 2.01. The summed E-state index contributed by atoms with van der Waals surface area (Å²) < 4.78 is 25.7. The second-order valence-electron chi connectivity index (χ2n) is 3.45. The summed E-state index contributed by atoms with van der Waals surface area (Å²) in [5.41, 5.74) is 0.879. The molecule has 1 rings (SSSR count). The van der Waals surface area contributed by atoms with Crippen molar-refractivity contribution in [1.29, 1.82) is 0 Å². The van der Waals surface area contributed by atoms with E-state index in [0.717, 1.165) is 5.56 Å². The number of hydrogen-bond acceptors (Lipinski definition) is 3. The Balaban J connectivity index is 3.05. The monoisotopic (exact) mass is 214 g/mol. The van der Waals surface area contributed by atoms with Crippen LogP contribution < -0.4 is 4.72 Å². The molecule has 4 nitrogen and oxygen atoms in total. The second-order valence-corrected chi connectivity index (χ2v) is 5.11. The van der Waals surface area contributed by atoms with Crippen LogP contribution in [0.25, 0.3) is 0 Å². The molecule has 1 aromatic rings. The zero-order valence-corrected chi connectivity index (χ0v) is 9.30. The van der Waals surface area contributed by atoms with Gasteiger partial charge in [0.2, 0.25) is 0 Å². The lowest BCUT2D eigenvalue weighted by atomic mass is 10.3. The maximum atomic E-state index is 11.6. The molecule has 0 spiro atoms. The first-order valence-corrected chi connectivity index (χ1v) is 5.85. The highest BCUT2D eigenvalue weighted by atomic mass is 32.2. The first kappa shape index (κ1) is 11.1. The minimum absolute atomic E-state index is 0.0752. The number of nitrogens with one attached hydrogen (secondary N) is 1. The Hall–Kier alpha value is -0.940. The molecule has 5 heteroatoms. The van der Waals surface area contributed by atoms with Crippen LogP contribution >= 0.6 is 0 Å². The molecule has 0 saturated heterocycles. The third kappa shape index (κ3) is 2.78. The third-order valence-corrected chi connectivity index (χ3v) is 3.11. The quantitative estimate of drug-likeness (QED) is 0.819. The molecule has 0 atom stereocenters. The maximum Gasteiger partial charge on any atom is 0.258 e. The van der Waals surface area contributed by atoms with E-state index >= 15 is 0 Å². The van der Waals surface area contributed by atoms with Crippen LogP contribution in [0.1, 0.15) is 19.4 Å². The lowest BCUT2D eigenvalue weighted by Crippen LogP contribution is -2.30. The van der Waals surface area contributed by atoms with Crippen molar-refractivity contribution in [3.8, 4) is 0 Å². The molecule has 78 valence electrons. The van der Waals surface area contributed by atoms with Crippen molar-refractivity contribution in [3.05, 3.63) is 23.9 Å². The van der Waals surface area contributed by atoms with Crippen LogP contribution in [0.5, 0.6) is 0 Å². The smallest absolute Gasteiger partial charge is 0.243 e. The molecule has 0 bridgehead atoms. The predicted octanol–water partition coefficient (Wildman–Crippen LogP) is 1.08. The molecule has 0 aliphatic rings. The first-order valence-electron chi connectivity index (χ1n) is 4.37. The molecule has 0 aromatic carbocycles. The predicted molar refractivity (Wildman–Crippen MR) is 54.4 cm³/mol. The Morgan fingerprint density at radius 3 is 2.57 bits per heavy atom. The Labute approximate surface area is 84.4 Å². The number of aryl methyl sites for hydroxylation is 1. The topological polar surface area (TPSA) is 59.1 Å². The SMILES string of the molecule is Cc1ccnc(S(=O)(=O)NC(C)C)c1. The van der Waals surface area contributed by atoms with Crippen LogP contribution in [0.4, 0.5) is 0 Å². The minimum Gasteiger partial charge on any atom is -0.243 e. The van der Waals surface area contributed by atoms with E-state index in [1.807, 2.05) is 6.92 Å². The van der Waals surface area contributed by atoms with Gasteiger partial charge in [0.05, 0.1) is 0 Å². The van der Waals surface area contributed by atoms with E-state index in [9.17, 15) is 8.42 Å². The average molecular weight is 214 g/mol. The van der Waals surface area contributed by atoms with Crippen LogP contribution in [0.15, 0.2) is 23.4 Å². The number of nitrogens with zero attached hydrogens (tertiary/aromatic N) is 1. The molecule has 1 heterocycles. The van der Waals surface area contributed by atoms with Crippen LogP contribution in [0.3, 0.4) is 0 Å². The Bertz CT molecular complexity index is 413. The highest BCUT2D eigenvalue weighted by Gasteiger charge is 2.16.